The summed E-state index contributed by atoms with van der Waals surface area (Å²) in [6.45, 7) is 9.48. The number of amides is 1. The van der Waals surface area contributed by atoms with Gasteiger partial charge in [0.1, 0.15) is 23.7 Å². The Hall–Kier alpha value is -2.28. The monoisotopic (exact) mass is 351 g/mol. The number of carboxylic acids is 1. The molecular weight excluding hydrogens is 326 g/mol. The summed E-state index contributed by atoms with van der Waals surface area (Å²) in [5.74, 6) is -0.597. The molecule has 1 atom stereocenters. The molecule has 0 spiro atoms. The van der Waals surface area contributed by atoms with Crippen molar-refractivity contribution in [1.29, 1.82) is 0 Å². The molecule has 2 rings (SSSR count). The van der Waals surface area contributed by atoms with E-state index in [2.05, 4.69) is 0 Å². The van der Waals surface area contributed by atoms with Crippen molar-refractivity contribution in [2.45, 2.75) is 52.0 Å². The van der Waals surface area contributed by atoms with Gasteiger partial charge in [-0.2, -0.15) is 0 Å². The second-order valence-corrected chi connectivity index (χ2v) is 7.41. The summed E-state index contributed by atoms with van der Waals surface area (Å²) in [7, 11) is 0. The topological polar surface area (TPSA) is 85.3 Å². The van der Waals surface area contributed by atoms with Gasteiger partial charge in [0.2, 0.25) is 0 Å². The van der Waals surface area contributed by atoms with Crippen molar-refractivity contribution in [1.82, 2.24) is 4.90 Å². The fourth-order valence-electron chi connectivity index (χ4n) is 2.60. The molecule has 7 heteroatoms. The van der Waals surface area contributed by atoms with Gasteiger partial charge < -0.3 is 19.3 Å². The van der Waals surface area contributed by atoms with Gasteiger partial charge in [-0.25, -0.2) is 9.59 Å². The van der Waals surface area contributed by atoms with Crippen LogP contribution in [0.3, 0.4) is 0 Å². The Morgan fingerprint density at radius 2 is 2.04 bits per heavy atom. The quantitative estimate of drug-likeness (QED) is 0.897. The SMILES string of the molecule is CC(C)(C)OC(=O)N1[C@@H](COc2cccc(C(=O)O)c2)COC1(C)C. The predicted molar refractivity (Wildman–Crippen MR) is 90.8 cm³/mol. The second-order valence-electron chi connectivity index (χ2n) is 7.41. The number of hydrogen-bond acceptors (Lipinski definition) is 5. The number of carbonyl (C=O) groups is 2. The number of hydrogen-bond donors (Lipinski definition) is 1. The van der Waals surface area contributed by atoms with Crippen LogP contribution in [-0.4, -0.2) is 52.7 Å². The molecule has 1 aliphatic rings. The standard InChI is InChI=1S/C18H25NO6/c1-17(2,3)25-16(22)19-13(11-24-18(19,4)5)10-23-14-8-6-7-12(9-14)15(20)21/h6-9,13H,10-11H2,1-5H3,(H,20,21)/t13-/m0/s1. The number of carboxylic acid groups (broad SMARTS) is 1. The largest absolute Gasteiger partial charge is 0.491 e. The molecule has 0 unspecified atom stereocenters. The van der Waals surface area contributed by atoms with Crippen LogP contribution < -0.4 is 4.74 Å². The highest BCUT2D eigenvalue weighted by Crippen LogP contribution is 2.30. The van der Waals surface area contributed by atoms with E-state index in [0.717, 1.165) is 0 Å². The molecule has 0 saturated carbocycles. The van der Waals surface area contributed by atoms with Crippen molar-refractivity contribution in [2.75, 3.05) is 13.2 Å². The Kier molecular flexibility index (Phi) is 5.27. The Bertz CT molecular complexity index is 649. The van der Waals surface area contributed by atoms with Gasteiger partial charge in [0.05, 0.1) is 18.2 Å². The van der Waals surface area contributed by atoms with E-state index in [9.17, 15) is 9.59 Å². The minimum Gasteiger partial charge on any atom is -0.491 e. The molecule has 1 aromatic rings. The maximum absolute atomic E-state index is 12.5. The lowest BCUT2D eigenvalue weighted by molar-refractivity contribution is -0.0637. The zero-order valence-electron chi connectivity index (χ0n) is 15.2. The molecule has 1 aliphatic heterocycles. The summed E-state index contributed by atoms with van der Waals surface area (Å²) in [5, 5.41) is 9.04. The fraction of sp³-hybridized carbons (Fsp3) is 0.556. The minimum atomic E-state index is -1.02. The molecule has 0 bridgehead atoms. The van der Waals surface area contributed by atoms with Crippen molar-refractivity contribution < 1.29 is 28.9 Å². The first-order valence-electron chi connectivity index (χ1n) is 8.12. The Morgan fingerprint density at radius 3 is 2.64 bits per heavy atom. The third-order valence-electron chi connectivity index (χ3n) is 3.69. The van der Waals surface area contributed by atoms with Gasteiger partial charge in [0.25, 0.3) is 0 Å². The first-order chi connectivity index (χ1) is 11.5. The number of rotatable bonds is 4. The molecule has 0 radical (unpaired) electrons. The average molecular weight is 351 g/mol. The van der Waals surface area contributed by atoms with E-state index in [0.29, 0.717) is 12.4 Å². The molecule has 1 aromatic carbocycles. The van der Waals surface area contributed by atoms with Crippen molar-refractivity contribution in [3.8, 4) is 5.75 Å². The number of aromatic carboxylic acids is 1. The first-order valence-corrected chi connectivity index (χ1v) is 8.12. The van der Waals surface area contributed by atoms with Gasteiger partial charge >= 0.3 is 12.1 Å². The third kappa shape index (κ3) is 4.85. The number of nitrogens with zero attached hydrogens (tertiary/aromatic N) is 1. The van der Waals surface area contributed by atoms with Gasteiger partial charge in [0, 0.05) is 0 Å². The van der Waals surface area contributed by atoms with E-state index < -0.39 is 23.4 Å². The van der Waals surface area contributed by atoms with Crippen LogP contribution in [0.25, 0.3) is 0 Å². The van der Waals surface area contributed by atoms with Crippen LogP contribution in [0.4, 0.5) is 4.79 Å². The van der Waals surface area contributed by atoms with Crippen LogP contribution in [0.1, 0.15) is 45.0 Å². The lowest BCUT2D eigenvalue weighted by Gasteiger charge is -2.35. The smallest absolute Gasteiger partial charge is 0.413 e. The minimum absolute atomic E-state index is 0.143. The van der Waals surface area contributed by atoms with Crippen molar-refractivity contribution in [3.63, 3.8) is 0 Å². The Morgan fingerprint density at radius 1 is 1.36 bits per heavy atom. The maximum Gasteiger partial charge on any atom is 0.413 e. The zero-order chi connectivity index (χ0) is 18.8. The Labute approximate surface area is 147 Å². The van der Waals surface area contributed by atoms with Gasteiger partial charge in [-0.15, -0.1) is 0 Å². The van der Waals surface area contributed by atoms with E-state index in [-0.39, 0.29) is 18.2 Å². The number of ether oxygens (including phenoxy) is 3. The number of benzene rings is 1. The van der Waals surface area contributed by atoms with E-state index in [4.69, 9.17) is 19.3 Å². The first kappa shape index (κ1) is 19.1. The average Bonchev–Trinajstić information content (AvgIpc) is 2.78. The van der Waals surface area contributed by atoms with Crippen molar-refractivity contribution in [2.24, 2.45) is 0 Å². The molecule has 25 heavy (non-hydrogen) atoms. The van der Waals surface area contributed by atoms with Crippen molar-refractivity contribution in [3.05, 3.63) is 29.8 Å². The predicted octanol–water partition coefficient (Wildman–Crippen LogP) is 3.14. The molecule has 1 N–H and O–H groups in total. The lowest BCUT2D eigenvalue weighted by Crippen LogP contribution is -2.51. The normalized spacial score (nSPS) is 19.6. The summed E-state index contributed by atoms with van der Waals surface area (Å²) in [5.41, 5.74) is -1.28. The van der Waals surface area contributed by atoms with Crippen LogP contribution in [0.2, 0.25) is 0 Å². The molecule has 138 valence electrons. The van der Waals surface area contributed by atoms with E-state index in [1.165, 1.54) is 17.0 Å². The van der Waals surface area contributed by atoms with E-state index in [1.807, 2.05) is 0 Å². The second kappa shape index (κ2) is 6.92. The molecule has 0 aliphatic carbocycles. The third-order valence-corrected chi connectivity index (χ3v) is 3.69. The fourth-order valence-corrected chi connectivity index (χ4v) is 2.60. The van der Waals surface area contributed by atoms with Gasteiger partial charge in [-0.05, 0) is 52.8 Å². The maximum atomic E-state index is 12.5. The van der Waals surface area contributed by atoms with Crippen LogP contribution in [0, 0.1) is 0 Å². The molecule has 1 fully saturated rings. The van der Waals surface area contributed by atoms with Crippen molar-refractivity contribution >= 4 is 12.1 Å². The zero-order valence-corrected chi connectivity index (χ0v) is 15.2. The van der Waals surface area contributed by atoms with Gasteiger partial charge in [-0.1, -0.05) is 6.07 Å². The lowest BCUT2D eigenvalue weighted by atomic mass is 10.2. The highest BCUT2D eigenvalue weighted by molar-refractivity contribution is 5.88. The van der Waals surface area contributed by atoms with Crippen LogP contribution in [-0.2, 0) is 9.47 Å². The molecule has 0 aromatic heterocycles. The van der Waals surface area contributed by atoms with Gasteiger partial charge in [0.15, 0.2) is 0 Å². The highest BCUT2D eigenvalue weighted by Gasteiger charge is 2.46. The summed E-state index contributed by atoms with van der Waals surface area (Å²) >= 11 is 0. The van der Waals surface area contributed by atoms with Crippen LogP contribution in [0.15, 0.2) is 24.3 Å². The molecule has 1 heterocycles. The van der Waals surface area contributed by atoms with E-state index >= 15 is 0 Å². The highest BCUT2D eigenvalue weighted by atomic mass is 16.6. The summed E-state index contributed by atoms with van der Waals surface area (Å²) < 4.78 is 16.9. The molecule has 1 amide bonds. The summed E-state index contributed by atoms with van der Waals surface area (Å²) in [6.07, 6.45) is -0.470. The molecular formula is C18H25NO6. The molecule has 7 nitrogen and oxygen atoms in total. The van der Waals surface area contributed by atoms with E-state index in [1.54, 1.807) is 46.8 Å². The summed E-state index contributed by atoms with van der Waals surface area (Å²) in [4.78, 5) is 25.1. The van der Waals surface area contributed by atoms with Crippen LogP contribution in [0.5, 0.6) is 5.75 Å². The van der Waals surface area contributed by atoms with Gasteiger partial charge in [-0.3, -0.25) is 4.90 Å². The van der Waals surface area contributed by atoms with Crippen LogP contribution >= 0.6 is 0 Å². The Balaban J connectivity index is 2.08. The molecule has 1 saturated heterocycles. The number of carbonyl (C=O) groups excluding carboxylic acids is 1. The summed E-state index contributed by atoms with van der Waals surface area (Å²) in [6, 6.07) is 5.88.